The number of aliphatic hydroxyl groups excluding tert-OH is 1. The summed E-state index contributed by atoms with van der Waals surface area (Å²) in [5.41, 5.74) is 0.389. The van der Waals surface area contributed by atoms with E-state index in [1.165, 1.54) is 6.26 Å². The van der Waals surface area contributed by atoms with Crippen LogP contribution in [0.2, 0.25) is 0 Å². The van der Waals surface area contributed by atoms with Crippen molar-refractivity contribution in [3.63, 3.8) is 0 Å². The zero-order valence-corrected chi connectivity index (χ0v) is 5.53. The molecule has 0 aromatic carbocycles. The number of terminal acetylenes is 1. The van der Waals surface area contributed by atoms with Crippen molar-refractivity contribution >= 4 is 0 Å². The molecule has 0 fully saturated rings. The molecule has 1 aromatic rings. The second-order valence-electron chi connectivity index (χ2n) is 1.86. The van der Waals surface area contributed by atoms with Crippen molar-refractivity contribution < 1.29 is 9.52 Å². The van der Waals surface area contributed by atoms with Gasteiger partial charge >= 0.3 is 0 Å². The molecule has 0 unspecified atom stereocenters. The number of aliphatic hydroxyl groups is 1. The van der Waals surface area contributed by atoms with Crippen molar-refractivity contribution in [1.82, 2.24) is 4.98 Å². The second-order valence-corrected chi connectivity index (χ2v) is 1.86. The van der Waals surface area contributed by atoms with Crippen LogP contribution in [-0.2, 0) is 0 Å². The molecule has 10 heavy (non-hydrogen) atoms. The number of oxazole rings is 1. The highest BCUT2D eigenvalue weighted by Gasteiger charge is 2.06. The first-order valence-corrected chi connectivity index (χ1v) is 2.80. The van der Waals surface area contributed by atoms with Gasteiger partial charge in [-0.2, -0.15) is 0 Å². The van der Waals surface area contributed by atoms with E-state index in [4.69, 9.17) is 15.9 Å². The normalized spacial score (nSPS) is 12.5. The van der Waals surface area contributed by atoms with Crippen LogP contribution >= 0.6 is 0 Å². The van der Waals surface area contributed by atoms with Crippen molar-refractivity contribution in [3.8, 4) is 12.3 Å². The van der Waals surface area contributed by atoms with Gasteiger partial charge in [0, 0.05) is 6.92 Å². The molecule has 0 aliphatic rings. The smallest absolute Gasteiger partial charge is 0.191 e. The zero-order valence-electron chi connectivity index (χ0n) is 5.53. The summed E-state index contributed by atoms with van der Waals surface area (Å²) >= 11 is 0. The van der Waals surface area contributed by atoms with Crippen LogP contribution in [0.25, 0.3) is 0 Å². The Labute approximate surface area is 58.7 Å². The lowest BCUT2D eigenvalue weighted by atomic mass is 10.3. The summed E-state index contributed by atoms with van der Waals surface area (Å²) in [4.78, 5) is 3.82. The molecule has 0 spiro atoms. The van der Waals surface area contributed by atoms with E-state index in [1.54, 1.807) is 6.92 Å². The summed E-state index contributed by atoms with van der Waals surface area (Å²) in [6, 6.07) is 0. The minimum atomic E-state index is -0.947. The van der Waals surface area contributed by atoms with Gasteiger partial charge in [0.2, 0.25) is 0 Å². The molecular formula is C7H7NO2. The Hall–Kier alpha value is -1.27. The molecule has 0 radical (unpaired) electrons. The fourth-order valence-corrected chi connectivity index (χ4v) is 0.591. The first-order valence-electron chi connectivity index (χ1n) is 2.80. The van der Waals surface area contributed by atoms with Crippen LogP contribution < -0.4 is 0 Å². The lowest BCUT2D eigenvalue weighted by Crippen LogP contribution is -1.92. The van der Waals surface area contributed by atoms with Crippen LogP contribution in [0.3, 0.4) is 0 Å². The van der Waals surface area contributed by atoms with E-state index in [2.05, 4.69) is 10.9 Å². The van der Waals surface area contributed by atoms with Gasteiger partial charge in [-0.05, 0) is 0 Å². The van der Waals surface area contributed by atoms with Gasteiger partial charge < -0.3 is 9.52 Å². The van der Waals surface area contributed by atoms with Gasteiger partial charge in [0.15, 0.2) is 12.0 Å². The van der Waals surface area contributed by atoms with Crippen molar-refractivity contribution in [2.45, 2.75) is 13.0 Å². The molecule has 1 heterocycles. The zero-order chi connectivity index (χ0) is 7.56. The molecule has 1 N–H and O–H groups in total. The number of rotatable bonds is 1. The summed E-state index contributed by atoms with van der Waals surface area (Å²) in [6.07, 6.45) is 5.33. The lowest BCUT2D eigenvalue weighted by molar-refractivity contribution is 0.233. The van der Waals surface area contributed by atoms with E-state index < -0.39 is 6.10 Å². The summed E-state index contributed by atoms with van der Waals surface area (Å²) in [5, 5.41) is 8.98. The Morgan fingerprint density at radius 2 is 2.60 bits per heavy atom. The maximum atomic E-state index is 8.98. The van der Waals surface area contributed by atoms with Crippen LogP contribution in [0.5, 0.6) is 0 Å². The highest BCUT2D eigenvalue weighted by molar-refractivity contribution is 5.11. The van der Waals surface area contributed by atoms with Gasteiger partial charge in [-0.25, -0.2) is 4.98 Å². The highest BCUT2D eigenvalue weighted by atomic mass is 16.3. The minimum Gasteiger partial charge on any atom is -0.449 e. The second kappa shape index (κ2) is 2.54. The van der Waals surface area contributed by atoms with Gasteiger partial charge in [0.25, 0.3) is 0 Å². The molecule has 0 aliphatic carbocycles. The fourth-order valence-electron chi connectivity index (χ4n) is 0.591. The van der Waals surface area contributed by atoms with Gasteiger partial charge in [-0.1, -0.05) is 5.92 Å². The van der Waals surface area contributed by atoms with Crippen LogP contribution in [0, 0.1) is 19.3 Å². The fraction of sp³-hybridized carbons (Fsp3) is 0.286. The molecule has 3 heteroatoms. The molecule has 3 nitrogen and oxygen atoms in total. The molecule has 0 saturated carbocycles. The average Bonchev–Trinajstić information content (AvgIpc) is 2.34. The van der Waals surface area contributed by atoms with E-state index in [0.29, 0.717) is 11.6 Å². The van der Waals surface area contributed by atoms with Gasteiger partial charge in [-0.15, -0.1) is 6.42 Å². The molecule has 1 aromatic heterocycles. The van der Waals surface area contributed by atoms with Crippen molar-refractivity contribution in [2.24, 2.45) is 0 Å². The standard InChI is InChI=1S/C7H7NO2/c1-3-7(9)6-4-10-5(2)8-6/h1,4,7,9H,2H3/t7-/m1/s1. The first kappa shape index (κ1) is 6.84. The van der Waals surface area contributed by atoms with E-state index in [-0.39, 0.29) is 0 Å². The Morgan fingerprint density at radius 3 is 3.00 bits per heavy atom. The number of hydrogen-bond donors (Lipinski definition) is 1. The average molecular weight is 137 g/mol. The molecule has 1 atom stereocenters. The Balaban J connectivity index is 2.87. The van der Waals surface area contributed by atoms with Gasteiger partial charge in [-0.3, -0.25) is 0 Å². The Kier molecular flexibility index (Phi) is 1.74. The third kappa shape index (κ3) is 1.17. The molecule has 52 valence electrons. The molecule has 0 bridgehead atoms. The highest BCUT2D eigenvalue weighted by Crippen LogP contribution is 2.09. The third-order valence-corrected chi connectivity index (χ3v) is 1.07. The largest absolute Gasteiger partial charge is 0.449 e. The van der Waals surface area contributed by atoms with Crippen LogP contribution in [0.4, 0.5) is 0 Å². The number of nitrogens with zero attached hydrogens (tertiary/aromatic N) is 1. The summed E-state index contributed by atoms with van der Waals surface area (Å²) in [7, 11) is 0. The molecule has 1 rings (SSSR count). The maximum absolute atomic E-state index is 8.98. The summed E-state index contributed by atoms with van der Waals surface area (Å²) in [6.45, 7) is 1.69. The topological polar surface area (TPSA) is 46.3 Å². The van der Waals surface area contributed by atoms with Crippen molar-refractivity contribution in [2.75, 3.05) is 0 Å². The quantitative estimate of drug-likeness (QED) is 0.578. The third-order valence-electron chi connectivity index (χ3n) is 1.07. The predicted octanol–water partition coefficient (Wildman–Crippen LogP) is 0.650. The number of hydrogen-bond acceptors (Lipinski definition) is 3. The summed E-state index contributed by atoms with van der Waals surface area (Å²) in [5.74, 6) is 2.63. The van der Waals surface area contributed by atoms with Gasteiger partial charge in [0.05, 0.1) is 0 Å². The minimum absolute atomic E-state index is 0.389. The Morgan fingerprint density at radius 1 is 1.90 bits per heavy atom. The van der Waals surface area contributed by atoms with Crippen molar-refractivity contribution in [3.05, 3.63) is 17.8 Å². The van der Waals surface area contributed by atoms with E-state index in [1.807, 2.05) is 0 Å². The van der Waals surface area contributed by atoms with Crippen molar-refractivity contribution in [1.29, 1.82) is 0 Å². The maximum Gasteiger partial charge on any atom is 0.191 e. The molecule has 0 aliphatic heterocycles. The van der Waals surface area contributed by atoms with E-state index in [0.717, 1.165) is 0 Å². The van der Waals surface area contributed by atoms with Crippen LogP contribution in [0.1, 0.15) is 17.7 Å². The Bertz CT molecular complexity index is 259. The SMILES string of the molecule is C#C[C@@H](O)c1coc(C)n1. The van der Waals surface area contributed by atoms with Crippen LogP contribution in [0.15, 0.2) is 10.7 Å². The summed E-state index contributed by atoms with van der Waals surface area (Å²) < 4.78 is 4.82. The van der Waals surface area contributed by atoms with Gasteiger partial charge in [0.1, 0.15) is 12.0 Å². The molecule has 0 saturated heterocycles. The monoisotopic (exact) mass is 137 g/mol. The number of aryl methyl sites for hydroxylation is 1. The van der Waals surface area contributed by atoms with E-state index in [9.17, 15) is 0 Å². The molecular weight excluding hydrogens is 130 g/mol. The van der Waals surface area contributed by atoms with E-state index >= 15 is 0 Å². The first-order chi connectivity index (χ1) is 4.74. The van der Waals surface area contributed by atoms with Crippen LogP contribution in [-0.4, -0.2) is 10.1 Å². The lowest BCUT2D eigenvalue weighted by Gasteiger charge is -1.92. The molecule has 0 amide bonds. The number of aromatic nitrogens is 1. The predicted molar refractivity (Wildman–Crippen MR) is 35.0 cm³/mol.